The van der Waals surface area contributed by atoms with Gasteiger partial charge in [-0.05, 0) is 106 Å². The number of aromatic nitrogens is 1. The number of nitrogens with zero attached hydrogens (tertiary/aromatic N) is 1. The van der Waals surface area contributed by atoms with Gasteiger partial charge in [0.05, 0.1) is 11.3 Å². The summed E-state index contributed by atoms with van der Waals surface area (Å²) in [7, 11) is 0. The molecule has 1 aromatic heterocycles. The van der Waals surface area contributed by atoms with Crippen LogP contribution < -0.4 is 0 Å². The molecule has 2 aliphatic rings. The van der Waals surface area contributed by atoms with Crippen molar-refractivity contribution in [2.75, 3.05) is 0 Å². The number of aryl methyl sites for hydroxylation is 2. The number of aliphatic hydroxyl groups excluding tert-OH is 1. The van der Waals surface area contributed by atoms with E-state index in [1.807, 2.05) is 0 Å². The van der Waals surface area contributed by atoms with Crippen molar-refractivity contribution in [3.63, 3.8) is 0 Å². The summed E-state index contributed by atoms with van der Waals surface area (Å²) in [6.45, 7) is 14.3. The van der Waals surface area contributed by atoms with Crippen molar-refractivity contribution in [2.24, 2.45) is 5.41 Å². The van der Waals surface area contributed by atoms with Crippen molar-refractivity contribution in [3.05, 3.63) is 88.7 Å². The molecule has 0 unspecified atom stereocenters. The Balaban J connectivity index is 0.000000497. The Kier molecular flexibility index (Phi) is 10.6. The Morgan fingerprint density at radius 2 is 1.64 bits per heavy atom. The van der Waals surface area contributed by atoms with Gasteiger partial charge >= 0.3 is 0 Å². The van der Waals surface area contributed by atoms with Crippen molar-refractivity contribution >= 4 is 27.5 Å². The largest absolute Gasteiger partial charge is 0.512 e. The summed E-state index contributed by atoms with van der Waals surface area (Å²) in [5, 5.41) is 12.2. The first-order valence-electron chi connectivity index (χ1n) is 16.1. The first-order chi connectivity index (χ1) is 20.3. The number of aliphatic hydroxyl groups is 1. The summed E-state index contributed by atoms with van der Waals surface area (Å²) in [5.74, 6) is 0.567. The minimum Gasteiger partial charge on any atom is -0.512 e. The molecule has 235 valence electrons. The average molecular weight is 767 g/mol. The number of benzene rings is 3. The van der Waals surface area contributed by atoms with Crippen LogP contribution in [0.1, 0.15) is 114 Å². The minimum absolute atomic E-state index is 0. The van der Waals surface area contributed by atoms with Gasteiger partial charge in [-0.25, -0.2) is 0 Å². The third-order valence-electron chi connectivity index (χ3n) is 9.70. The molecular formula is C40H48IrNO2-. The van der Waals surface area contributed by atoms with Crippen molar-refractivity contribution < 1.29 is 30.0 Å². The first kappa shape index (κ1) is 34.1. The molecule has 4 heteroatoms. The van der Waals surface area contributed by atoms with Gasteiger partial charge in [-0.3, -0.25) is 9.78 Å². The van der Waals surface area contributed by atoms with E-state index in [1.165, 1.54) is 110 Å². The van der Waals surface area contributed by atoms with Gasteiger partial charge in [-0.1, -0.05) is 74.9 Å². The maximum Gasteiger partial charge on any atom is 0.155 e. The summed E-state index contributed by atoms with van der Waals surface area (Å²) >= 11 is 0. The molecule has 6 rings (SSSR count). The summed E-state index contributed by atoms with van der Waals surface area (Å²) in [4.78, 5) is 15.3. The van der Waals surface area contributed by atoms with Crippen LogP contribution in [0.2, 0.25) is 0 Å². The fraction of sp³-hybridized carbons (Fsp3) is 0.450. The van der Waals surface area contributed by atoms with Gasteiger partial charge in [0.25, 0.3) is 0 Å². The number of allylic oxidation sites excluding steroid dienone is 2. The molecule has 2 aliphatic carbocycles. The van der Waals surface area contributed by atoms with Crippen LogP contribution in [-0.4, -0.2) is 15.9 Å². The molecule has 0 aliphatic heterocycles. The van der Waals surface area contributed by atoms with E-state index >= 15 is 0 Å². The van der Waals surface area contributed by atoms with Crippen LogP contribution in [0.4, 0.5) is 0 Å². The van der Waals surface area contributed by atoms with E-state index in [1.54, 1.807) is 0 Å². The molecule has 1 heterocycles. The number of carbonyl (C=O) groups excluding carboxylic acids is 1. The number of rotatable bonds is 3. The molecule has 0 amide bonds. The van der Waals surface area contributed by atoms with E-state index in [0.717, 1.165) is 16.8 Å². The molecule has 2 fully saturated rings. The van der Waals surface area contributed by atoms with Crippen molar-refractivity contribution in [3.8, 4) is 11.3 Å². The van der Waals surface area contributed by atoms with Crippen molar-refractivity contribution in [2.45, 2.75) is 111 Å². The fourth-order valence-corrected chi connectivity index (χ4v) is 7.70. The second-order valence-corrected chi connectivity index (χ2v) is 14.3. The van der Waals surface area contributed by atoms with E-state index in [4.69, 9.17) is 10.1 Å². The zero-order chi connectivity index (χ0) is 30.9. The third kappa shape index (κ3) is 7.52. The van der Waals surface area contributed by atoms with Gasteiger partial charge in [0.2, 0.25) is 0 Å². The Labute approximate surface area is 277 Å². The molecule has 3 nitrogen and oxygen atoms in total. The monoisotopic (exact) mass is 767 g/mol. The molecule has 0 saturated heterocycles. The Morgan fingerprint density at radius 1 is 0.977 bits per heavy atom. The second kappa shape index (κ2) is 13.7. The summed E-state index contributed by atoms with van der Waals surface area (Å²) in [6.07, 6.45) is 12.4. The molecule has 3 aromatic carbocycles. The normalized spacial score (nSPS) is 16.9. The minimum atomic E-state index is -0.125. The van der Waals surface area contributed by atoms with Crippen LogP contribution in [0.15, 0.2) is 60.4 Å². The number of ketones is 1. The first-order valence-corrected chi connectivity index (χ1v) is 16.1. The summed E-state index contributed by atoms with van der Waals surface area (Å²) in [5.41, 5.74) is 9.64. The zero-order valence-electron chi connectivity index (χ0n) is 27.6. The van der Waals surface area contributed by atoms with Crippen molar-refractivity contribution in [1.29, 1.82) is 0 Å². The molecule has 1 radical (unpaired) electrons. The number of hydrogen-bond acceptors (Lipinski definition) is 3. The Bertz CT molecular complexity index is 1670. The fourth-order valence-electron chi connectivity index (χ4n) is 7.70. The van der Waals surface area contributed by atoms with Gasteiger partial charge in [0.1, 0.15) is 0 Å². The second-order valence-electron chi connectivity index (χ2n) is 14.3. The standard InChI is InChI=1S/C35H40N.C5H8O2.Ir/c1-23-18-24(2)33-29(25-12-16-35(17-13-25)14-8-9-15-35)22-31(36-32(33)19-23)27-20-26-10-6-7-11-28(26)30(21-27)34(3,4)5;1-4(6)3-5(2)7;/h6-7,10-11,18-19,21-22,25H,8-9,12-17H2,1-5H3;3,6H,1-2H3;/q-1;;/b;4-3-;. The molecule has 1 spiro atoms. The Morgan fingerprint density at radius 3 is 2.23 bits per heavy atom. The van der Waals surface area contributed by atoms with E-state index < -0.39 is 0 Å². The number of hydrogen-bond donors (Lipinski definition) is 1. The molecule has 2 saturated carbocycles. The quantitative estimate of drug-likeness (QED) is 0.128. The third-order valence-corrected chi connectivity index (χ3v) is 9.70. The van der Waals surface area contributed by atoms with Crippen molar-refractivity contribution in [1.82, 2.24) is 4.98 Å². The predicted molar refractivity (Wildman–Crippen MR) is 181 cm³/mol. The number of pyridine rings is 1. The smallest absolute Gasteiger partial charge is 0.155 e. The number of fused-ring (bicyclic) bond motifs is 2. The Hall–Kier alpha value is -2.81. The van der Waals surface area contributed by atoms with E-state index in [2.05, 4.69) is 89.2 Å². The van der Waals surface area contributed by atoms with Gasteiger partial charge < -0.3 is 5.11 Å². The van der Waals surface area contributed by atoms with Crippen LogP contribution in [0.5, 0.6) is 0 Å². The molecule has 0 bridgehead atoms. The van der Waals surface area contributed by atoms with Crippen LogP contribution in [0.25, 0.3) is 32.9 Å². The van der Waals surface area contributed by atoms with E-state index in [-0.39, 0.29) is 37.1 Å². The maximum absolute atomic E-state index is 10.0. The van der Waals surface area contributed by atoms with Crippen LogP contribution in [0.3, 0.4) is 0 Å². The van der Waals surface area contributed by atoms with Crippen LogP contribution >= 0.6 is 0 Å². The summed E-state index contributed by atoms with van der Waals surface area (Å²) in [6, 6.07) is 21.9. The van der Waals surface area contributed by atoms with Gasteiger partial charge in [0.15, 0.2) is 5.78 Å². The van der Waals surface area contributed by atoms with Gasteiger partial charge in [-0.15, -0.1) is 29.1 Å². The molecule has 1 N–H and O–H groups in total. The van der Waals surface area contributed by atoms with Crippen LogP contribution in [-0.2, 0) is 30.3 Å². The molecule has 4 aromatic rings. The van der Waals surface area contributed by atoms with Gasteiger partial charge in [-0.2, -0.15) is 0 Å². The SMILES string of the molecule is CC(=O)/C=C(/C)O.Cc1cc(C)c2c(C3CCC4(CCCC4)CC3)cc(-c3[c-]c4ccccc4c(C(C)(C)C)c3)nc2c1.[Ir]. The predicted octanol–water partition coefficient (Wildman–Crippen LogP) is 11.0. The molecule has 44 heavy (non-hydrogen) atoms. The maximum atomic E-state index is 10.0. The van der Waals surface area contributed by atoms with E-state index in [9.17, 15) is 4.79 Å². The molecular weight excluding hydrogens is 719 g/mol. The summed E-state index contributed by atoms with van der Waals surface area (Å²) < 4.78 is 0. The zero-order valence-corrected chi connectivity index (χ0v) is 30.0. The van der Waals surface area contributed by atoms with Gasteiger partial charge in [0, 0.05) is 37.3 Å². The topological polar surface area (TPSA) is 50.2 Å². The van der Waals surface area contributed by atoms with E-state index in [0.29, 0.717) is 11.3 Å². The number of carbonyl (C=O) groups is 1. The van der Waals surface area contributed by atoms with Crippen LogP contribution in [0, 0.1) is 25.3 Å². The average Bonchev–Trinajstić information content (AvgIpc) is 3.38. The molecule has 0 atom stereocenters.